The molecule has 0 N–H and O–H groups in total. The monoisotopic (exact) mass is 317 g/mol. The summed E-state index contributed by atoms with van der Waals surface area (Å²) in [5, 5.41) is 0. The Morgan fingerprint density at radius 1 is 1.29 bits per heavy atom. The maximum absolute atomic E-state index is 5.46. The summed E-state index contributed by atoms with van der Waals surface area (Å²) in [6, 6.07) is 8.06. The minimum atomic E-state index is 0.884. The van der Waals surface area contributed by atoms with Crippen molar-refractivity contribution in [2.24, 2.45) is 0 Å². The van der Waals surface area contributed by atoms with Gasteiger partial charge in [0.2, 0.25) is 0 Å². The van der Waals surface area contributed by atoms with E-state index in [4.69, 9.17) is 6.42 Å². The fraction of sp³-hybridized carbons (Fsp3) is 0.304. The number of allylic oxidation sites excluding steroid dienone is 4. The third-order valence-corrected chi connectivity index (χ3v) is 4.60. The number of benzene rings is 1. The summed E-state index contributed by atoms with van der Waals surface area (Å²) >= 11 is 0. The molecular formula is C23H27N. The highest BCUT2D eigenvalue weighted by Gasteiger charge is 2.19. The number of terminal acetylenes is 1. The molecule has 0 radical (unpaired) electrons. The first kappa shape index (κ1) is 17.9. The van der Waals surface area contributed by atoms with Gasteiger partial charge in [-0.1, -0.05) is 50.3 Å². The van der Waals surface area contributed by atoms with Crippen molar-refractivity contribution >= 4 is 5.70 Å². The van der Waals surface area contributed by atoms with Gasteiger partial charge in [0, 0.05) is 23.5 Å². The Morgan fingerprint density at radius 3 is 2.54 bits per heavy atom. The first-order valence-corrected chi connectivity index (χ1v) is 8.74. The van der Waals surface area contributed by atoms with E-state index >= 15 is 0 Å². The predicted octanol–water partition coefficient (Wildman–Crippen LogP) is 5.92. The second kappa shape index (κ2) is 8.41. The number of nitrogens with zero attached hydrogens (tertiary/aromatic N) is 1. The zero-order valence-electron chi connectivity index (χ0n) is 14.9. The van der Waals surface area contributed by atoms with Crippen molar-refractivity contribution < 1.29 is 0 Å². The summed E-state index contributed by atoms with van der Waals surface area (Å²) in [7, 11) is 0. The van der Waals surface area contributed by atoms with E-state index < -0.39 is 0 Å². The Morgan fingerprint density at radius 2 is 2.00 bits per heavy atom. The first-order valence-electron chi connectivity index (χ1n) is 8.74. The van der Waals surface area contributed by atoms with Crippen molar-refractivity contribution in [1.29, 1.82) is 0 Å². The molecule has 0 aromatic heterocycles. The number of hydrogen-bond donors (Lipinski definition) is 0. The first-order chi connectivity index (χ1) is 11.7. The van der Waals surface area contributed by atoms with Gasteiger partial charge < -0.3 is 4.90 Å². The van der Waals surface area contributed by atoms with Crippen molar-refractivity contribution in [3.05, 3.63) is 77.5 Å². The molecule has 0 unspecified atom stereocenters. The summed E-state index contributed by atoms with van der Waals surface area (Å²) in [6.45, 7) is 13.7. The van der Waals surface area contributed by atoms with Crippen LogP contribution >= 0.6 is 0 Å². The molecule has 0 bridgehead atoms. The number of hydrogen-bond acceptors (Lipinski definition) is 1. The van der Waals surface area contributed by atoms with Crippen molar-refractivity contribution in [2.45, 2.75) is 39.5 Å². The Balaban J connectivity index is 2.41. The van der Waals surface area contributed by atoms with E-state index in [-0.39, 0.29) is 0 Å². The molecule has 0 saturated heterocycles. The molecule has 24 heavy (non-hydrogen) atoms. The van der Waals surface area contributed by atoms with Gasteiger partial charge in [-0.3, -0.25) is 0 Å². The van der Waals surface area contributed by atoms with Gasteiger partial charge in [-0.2, -0.15) is 0 Å². The van der Waals surface area contributed by atoms with Crippen LogP contribution in [0.4, 0.5) is 0 Å². The largest absolute Gasteiger partial charge is 0.342 e. The minimum Gasteiger partial charge on any atom is -0.342 e. The number of rotatable bonds is 6. The van der Waals surface area contributed by atoms with Gasteiger partial charge in [-0.25, -0.2) is 0 Å². The van der Waals surface area contributed by atoms with E-state index in [0.29, 0.717) is 0 Å². The summed E-state index contributed by atoms with van der Waals surface area (Å²) in [5.74, 6) is 2.66. The molecule has 1 aromatic rings. The smallest absolute Gasteiger partial charge is 0.0411 e. The van der Waals surface area contributed by atoms with E-state index in [1.807, 2.05) is 18.2 Å². The molecule has 1 aromatic carbocycles. The molecule has 0 heterocycles. The van der Waals surface area contributed by atoms with Gasteiger partial charge in [0.1, 0.15) is 0 Å². The van der Waals surface area contributed by atoms with E-state index in [0.717, 1.165) is 42.6 Å². The molecule has 1 aliphatic carbocycles. The van der Waals surface area contributed by atoms with Crippen molar-refractivity contribution in [3.8, 4) is 12.3 Å². The lowest BCUT2D eigenvalue weighted by Gasteiger charge is -2.30. The maximum atomic E-state index is 5.46. The lowest BCUT2D eigenvalue weighted by atomic mass is 9.99. The van der Waals surface area contributed by atoms with Crippen molar-refractivity contribution in [1.82, 2.24) is 4.90 Å². The Labute approximate surface area is 147 Å². The molecule has 0 fully saturated rings. The molecule has 0 atom stereocenters. The van der Waals surface area contributed by atoms with Crippen LogP contribution < -0.4 is 0 Å². The predicted molar refractivity (Wildman–Crippen MR) is 105 cm³/mol. The Bertz CT molecular complexity index is 707. The minimum absolute atomic E-state index is 0.884. The molecule has 1 nitrogen and oxygen atoms in total. The standard InChI is InChI=1S/C23H27N/c1-6-19-14-16-21(17-15-19)18(5)24(9-4)23-13-11-10-12-20(7-2)22(23)8-3/h1,7,13-17H,2,5,8-12H2,3-4H3. The molecule has 124 valence electrons. The summed E-state index contributed by atoms with van der Waals surface area (Å²) in [5.41, 5.74) is 7.07. The van der Waals surface area contributed by atoms with Gasteiger partial charge in [0.25, 0.3) is 0 Å². The number of likely N-dealkylation sites (N-methyl/N-ethyl adjacent to an activating group) is 1. The zero-order chi connectivity index (χ0) is 17.5. The van der Waals surface area contributed by atoms with Crippen LogP contribution in [0.5, 0.6) is 0 Å². The molecule has 2 rings (SSSR count). The maximum Gasteiger partial charge on any atom is 0.0411 e. The van der Waals surface area contributed by atoms with Crippen LogP contribution in [0.1, 0.15) is 50.7 Å². The van der Waals surface area contributed by atoms with Gasteiger partial charge in [-0.15, -0.1) is 6.42 Å². The second-order valence-electron chi connectivity index (χ2n) is 5.96. The average Bonchev–Trinajstić information content (AvgIpc) is 2.84. The highest BCUT2D eigenvalue weighted by atomic mass is 15.1. The average molecular weight is 317 g/mol. The lowest BCUT2D eigenvalue weighted by molar-refractivity contribution is 0.519. The summed E-state index contributed by atoms with van der Waals surface area (Å²) in [6.07, 6.45) is 14.2. The summed E-state index contributed by atoms with van der Waals surface area (Å²) in [4.78, 5) is 2.32. The van der Waals surface area contributed by atoms with Gasteiger partial charge in [0.05, 0.1) is 0 Å². The van der Waals surface area contributed by atoms with Crippen LogP contribution in [0.25, 0.3) is 5.70 Å². The van der Waals surface area contributed by atoms with Gasteiger partial charge in [-0.05, 0) is 61.4 Å². The normalized spacial score (nSPS) is 14.5. The molecule has 0 aliphatic heterocycles. The molecule has 0 saturated carbocycles. The van der Waals surface area contributed by atoms with Crippen molar-refractivity contribution in [3.63, 3.8) is 0 Å². The van der Waals surface area contributed by atoms with E-state index in [9.17, 15) is 0 Å². The van der Waals surface area contributed by atoms with Crippen LogP contribution in [0.3, 0.4) is 0 Å². The molecule has 0 amide bonds. The Kier molecular flexibility index (Phi) is 6.27. The fourth-order valence-electron chi connectivity index (χ4n) is 3.30. The van der Waals surface area contributed by atoms with E-state index in [1.165, 1.54) is 23.3 Å². The van der Waals surface area contributed by atoms with Crippen LogP contribution in [-0.2, 0) is 0 Å². The fourth-order valence-corrected chi connectivity index (χ4v) is 3.30. The van der Waals surface area contributed by atoms with Crippen molar-refractivity contribution in [2.75, 3.05) is 6.54 Å². The topological polar surface area (TPSA) is 3.24 Å². The second-order valence-corrected chi connectivity index (χ2v) is 5.96. The highest BCUT2D eigenvalue weighted by Crippen LogP contribution is 2.33. The lowest BCUT2D eigenvalue weighted by Crippen LogP contribution is -2.22. The molecule has 1 heteroatoms. The van der Waals surface area contributed by atoms with E-state index in [2.05, 4.69) is 56.0 Å². The third kappa shape index (κ3) is 3.71. The van der Waals surface area contributed by atoms with Crippen LogP contribution in [0.2, 0.25) is 0 Å². The van der Waals surface area contributed by atoms with Gasteiger partial charge >= 0.3 is 0 Å². The summed E-state index contributed by atoms with van der Waals surface area (Å²) < 4.78 is 0. The van der Waals surface area contributed by atoms with Crippen LogP contribution in [0.15, 0.2) is 66.4 Å². The highest BCUT2D eigenvalue weighted by molar-refractivity contribution is 5.66. The quantitative estimate of drug-likeness (QED) is 0.589. The van der Waals surface area contributed by atoms with E-state index in [1.54, 1.807) is 0 Å². The molecule has 1 aliphatic rings. The molecule has 0 spiro atoms. The third-order valence-electron chi connectivity index (χ3n) is 4.60. The van der Waals surface area contributed by atoms with Crippen LogP contribution in [0, 0.1) is 12.3 Å². The molecular weight excluding hydrogens is 290 g/mol. The SMILES string of the molecule is C#Cc1ccc(C(=C)N(CC)C2=CCCCC(C=C)=C2CC)cc1. The van der Waals surface area contributed by atoms with Crippen LogP contribution in [-0.4, -0.2) is 11.4 Å². The Hall–Kier alpha value is -2.46. The van der Waals surface area contributed by atoms with Gasteiger partial charge in [0.15, 0.2) is 0 Å². The zero-order valence-corrected chi connectivity index (χ0v) is 14.9.